The fourth-order valence-corrected chi connectivity index (χ4v) is 2.63. The third kappa shape index (κ3) is 3.23. The number of benzene rings is 2. The van der Waals surface area contributed by atoms with Crippen molar-refractivity contribution in [3.05, 3.63) is 59.0 Å². The minimum atomic E-state index is -0.855. The summed E-state index contributed by atoms with van der Waals surface area (Å²) in [5.74, 6) is -1.47. The molecule has 122 valence electrons. The van der Waals surface area contributed by atoms with Gasteiger partial charge in [0.05, 0.1) is 12.8 Å². The summed E-state index contributed by atoms with van der Waals surface area (Å²) in [6.07, 6.45) is 0. The van der Waals surface area contributed by atoms with Gasteiger partial charge in [-0.25, -0.2) is 8.78 Å². The number of halogens is 2. The van der Waals surface area contributed by atoms with Crippen LogP contribution in [0, 0.1) is 11.6 Å². The van der Waals surface area contributed by atoms with E-state index in [-0.39, 0.29) is 10.6 Å². The summed E-state index contributed by atoms with van der Waals surface area (Å²) in [4.78, 5) is 12.6. The maximum absolute atomic E-state index is 13.7. The zero-order valence-electron chi connectivity index (χ0n) is 12.4. The van der Waals surface area contributed by atoms with Crippen LogP contribution in [0.2, 0.25) is 0 Å². The monoisotopic (exact) mass is 347 g/mol. The largest absolute Gasteiger partial charge is 0.497 e. The van der Waals surface area contributed by atoms with E-state index >= 15 is 0 Å². The zero-order chi connectivity index (χ0) is 17.1. The van der Waals surface area contributed by atoms with Crippen LogP contribution in [0.5, 0.6) is 5.75 Å². The van der Waals surface area contributed by atoms with Crippen LogP contribution in [0.3, 0.4) is 0 Å². The normalized spacial score (nSPS) is 10.5. The quantitative estimate of drug-likeness (QED) is 0.781. The molecular formula is C16H11F2N3O2S. The van der Waals surface area contributed by atoms with Crippen molar-refractivity contribution in [2.75, 3.05) is 12.4 Å². The number of nitrogens with one attached hydrogen (secondary N) is 1. The molecular weight excluding hydrogens is 336 g/mol. The molecule has 0 fully saturated rings. The van der Waals surface area contributed by atoms with Crippen molar-refractivity contribution >= 4 is 23.1 Å². The molecule has 0 saturated carbocycles. The Hall–Kier alpha value is -2.87. The molecule has 0 bridgehead atoms. The predicted octanol–water partition coefficient (Wildman–Crippen LogP) is 3.74. The molecule has 8 heteroatoms. The molecule has 0 aliphatic carbocycles. The Labute approximate surface area is 140 Å². The first-order chi connectivity index (χ1) is 11.6. The maximum atomic E-state index is 13.7. The third-order valence-electron chi connectivity index (χ3n) is 3.24. The van der Waals surface area contributed by atoms with Crippen molar-refractivity contribution in [1.82, 2.24) is 9.59 Å². The van der Waals surface area contributed by atoms with Crippen LogP contribution in [0.15, 0.2) is 42.5 Å². The lowest BCUT2D eigenvalue weighted by atomic mass is 10.1. The Bertz CT molecular complexity index is 881. The highest BCUT2D eigenvalue weighted by atomic mass is 32.1. The molecule has 0 atom stereocenters. The van der Waals surface area contributed by atoms with Gasteiger partial charge in [-0.2, -0.15) is 0 Å². The maximum Gasteiger partial charge on any atom is 0.269 e. The first-order valence-corrected chi connectivity index (χ1v) is 7.59. The van der Waals surface area contributed by atoms with Gasteiger partial charge in [0.2, 0.25) is 0 Å². The standard InChI is InChI=1S/C16H11F2N3O2S/c1-23-11-5-2-9(3-6-11)14-15(24-21-20-14)16(22)19-13-7-4-10(17)8-12(13)18/h2-8H,1H3,(H,19,22). The molecule has 3 aromatic rings. The first kappa shape index (κ1) is 16.0. The van der Waals surface area contributed by atoms with Gasteiger partial charge in [0.15, 0.2) is 0 Å². The van der Waals surface area contributed by atoms with E-state index in [0.29, 0.717) is 23.1 Å². The summed E-state index contributed by atoms with van der Waals surface area (Å²) in [5, 5.41) is 6.35. The average Bonchev–Trinajstić information content (AvgIpc) is 3.07. The average molecular weight is 347 g/mol. The summed E-state index contributed by atoms with van der Waals surface area (Å²) in [7, 11) is 1.55. The molecule has 24 heavy (non-hydrogen) atoms. The Morgan fingerprint density at radius 3 is 2.58 bits per heavy atom. The van der Waals surface area contributed by atoms with Crippen molar-refractivity contribution in [3.8, 4) is 17.0 Å². The van der Waals surface area contributed by atoms with Gasteiger partial charge in [-0.1, -0.05) is 4.49 Å². The number of rotatable bonds is 4. The van der Waals surface area contributed by atoms with Gasteiger partial charge < -0.3 is 10.1 Å². The Morgan fingerprint density at radius 1 is 1.17 bits per heavy atom. The van der Waals surface area contributed by atoms with Crippen molar-refractivity contribution in [2.24, 2.45) is 0 Å². The van der Waals surface area contributed by atoms with Crippen molar-refractivity contribution < 1.29 is 18.3 Å². The summed E-state index contributed by atoms with van der Waals surface area (Å²) >= 11 is 0.890. The van der Waals surface area contributed by atoms with Crippen LogP contribution in [0.4, 0.5) is 14.5 Å². The number of amides is 1. The Kier molecular flexibility index (Phi) is 4.48. The van der Waals surface area contributed by atoms with Gasteiger partial charge in [0, 0.05) is 11.6 Å². The molecule has 3 rings (SSSR count). The van der Waals surface area contributed by atoms with Crippen molar-refractivity contribution in [1.29, 1.82) is 0 Å². The highest BCUT2D eigenvalue weighted by Gasteiger charge is 2.19. The lowest BCUT2D eigenvalue weighted by Gasteiger charge is -2.06. The van der Waals surface area contributed by atoms with Gasteiger partial charge in [-0.3, -0.25) is 4.79 Å². The van der Waals surface area contributed by atoms with Gasteiger partial charge in [-0.05, 0) is 47.9 Å². The first-order valence-electron chi connectivity index (χ1n) is 6.81. The second kappa shape index (κ2) is 6.71. The van der Waals surface area contributed by atoms with E-state index in [4.69, 9.17) is 4.74 Å². The molecule has 0 aliphatic rings. The SMILES string of the molecule is COc1ccc(-c2nnsc2C(=O)Nc2ccc(F)cc2F)cc1. The molecule has 0 unspecified atom stereocenters. The summed E-state index contributed by atoms with van der Waals surface area (Å²) < 4.78 is 35.5. The number of methoxy groups -OCH3 is 1. The molecule has 1 aromatic heterocycles. The molecule has 0 aliphatic heterocycles. The van der Waals surface area contributed by atoms with Gasteiger partial charge in [0.25, 0.3) is 5.91 Å². The number of anilines is 1. The van der Waals surface area contributed by atoms with E-state index in [1.54, 1.807) is 31.4 Å². The van der Waals surface area contributed by atoms with Crippen LogP contribution in [-0.4, -0.2) is 22.6 Å². The van der Waals surface area contributed by atoms with Crippen LogP contribution in [0.25, 0.3) is 11.3 Å². The molecule has 5 nitrogen and oxygen atoms in total. The van der Waals surface area contributed by atoms with Crippen LogP contribution >= 0.6 is 11.5 Å². The van der Waals surface area contributed by atoms with E-state index in [0.717, 1.165) is 23.7 Å². The van der Waals surface area contributed by atoms with E-state index in [1.165, 1.54) is 0 Å². The Balaban J connectivity index is 1.87. The van der Waals surface area contributed by atoms with Crippen LogP contribution in [0.1, 0.15) is 9.67 Å². The van der Waals surface area contributed by atoms with Gasteiger partial charge in [0.1, 0.15) is 28.0 Å². The number of carbonyl (C=O) groups is 1. The minimum Gasteiger partial charge on any atom is -0.497 e. The number of hydrogen-bond donors (Lipinski definition) is 1. The molecule has 0 spiro atoms. The topological polar surface area (TPSA) is 64.1 Å². The molecule has 0 radical (unpaired) electrons. The smallest absolute Gasteiger partial charge is 0.269 e. The number of ether oxygens (including phenoxy) is 1. The summed E-state index contributed by atoms with van der Waals surface area (Å²) in [6.45, 7) is 0. The lowest BCUT2D eigenvalue weighted by Crippen LogP contribution is -2.12. The third-order valence-corrected chi connectivity index (χ3v) is 3.96. The number of aromatic nitrogens is 2. The van der Waals surface area contributed by atoms with E-state index < -0.39 is 17.5 Å². The molecule has 1 amide bonds. The zero-order valence-corrected chi connectivity index (χ0v) is 13.2. The van der Waals surface area contributed by atoms with Gasteiger partial charge >= 0.3 is 0 Å². The van der Waals surface area contributed by atoms with E-state index in [2.05, 4.69) is 14.9 Å². The molecule has 1 N–H and O–H groups in total. The second-order valence-corrected chi connectivity index (χ2v) is 5.51. The fourth-order valence-electron chi connectivity index (χ4n) is 2.05. The second-order valence-electron chi connectivity index (χ2n) is 4.76. The molecule has 0 saturated heterocycles. The molecule has 2 aromatic carbocycles. The summed E-state index contributed by atoms with van der Waals surface area (Å²) in [6, 6.07) is 9.87. The predicted molar refractivity (Wildman–Crippen MR) is 86.2 cm³/mol. The summed E-state index contributed by atoms with van der Waals surface area (Å²) in [5.41, 5.74) is 0.937. The fraction of sp³-hybridized carbons (Fsp3) is 0.0625. The number of carbonyl (C=O) groups excluding carboxylic acids is 1. The van der Waals surface area contributed by atoms with Crippen molar-refractivity contribution in [3.63, 3.8) is 0 Å². The number of nitrogens with zero attached hydrogens (tertiary/aromatic N) is 2. The van der Waals surface area contributed by atoms with E-state index in [1.807, 2.05) is 0 Å². The highest BCUT2D eigenvalue weighted by Crippen LogP contribution is 2.27. The highest BCUT2D eigenvalue weighted by molar-refractivity contribution is 7.08. The minimum absolute atomic E-state index is 0.115. The lowest BCUT2D eigenvalue weighted by molar-refractivity contribution is 0.103. The Morgan fingerprint density at radius 2 is 1.92 bits per heavy atom. The van der Waals surface area contributed by atoms with Gasteiger partial charge in [-0.15, -0.1) is 5.10 Å². The van der Waals surface area contributed by atoms with Crippen molar-refractivity contribution in [2.45, 2.75) is 0 Å². The van der Waals surface area contributed by atoms with Crippen LogP contribution in [-0.2, 0) is 0 Å². The van der Waals surface area contributed by atoms with E-state index in [9.17, 15) is 13.6 Å². The van der Waals surface area contributed by atoms with Crippen LogP contribution < -0.4 is 10.1 Å². The number of hydrogen-bond acceptors (Lipinski definition) is 5. The molecule has 1 heterocycles.